The molecule has 0 spiro atoms. The lowest BCUT2D eigenvalue weighted by Gasteiger charge is -2.21. The fourth-order valence-corrected chi connectivity index (χ4v) is 1.69. The highest BCUT2D eigenvalue weighted by Gasteiger charge is 2.29. The van der Waals surface area contributed by atoms with E-state index in [1.54, 1.807) is 0 Å². The van der Waals surface area contributed by atoms with Crippen molar-refractivity contribution >= 4 is 5.97 Å². The summed E-state index contributed by atoms with van der Waals surface area (Å²) in [5.74, 6) is -0.693. The van der Waals surface area contributed by atoms with Gasteiger partial charge < -0.3 is 5.11 Å². The molecule has 0 aromatic rings. The molecule has 13 heavy (non-hydrogen) atoms. The van der Waals surface area contributed by atoms with Crippen LogP contribution in [-0.4, -0.2) is 35.1 Å². The molecule has 1 atom stereocenters. The Hall–Kier alpha value is -0.830. The standard InChI is InChI=1S/C10H17NO2/c1-3-8(2)7-11-6-4-5-9(11)10(12)13/h9H,2-7H2,1H3,(H,12,13). The van der Waals surface area contributed by atoms with Crippen LogP contribution in [0.3, 0.4) is 0 Å². The molecule has 0 aliphatic carbocycles. The van der Waals surface area contributed by atoms with Gasteiger partial charge in [0, 0.05) is 6.54 Å². The molecule has 1 N–H and O–H groups in total. The van der Waals surface area contributed by atoms with Gasteiger partial charge in [-0.1, -0.05) is 19.1 Å². The summed E-state index contributed by atoms with van der Waals surface area (Å²) in [6.45, 7) is 7.59. The van der Waals surface area contributed by atoms with Gasteiger partial charge in [0.1, 0.15) is 6.04 Å². The van der Waals surface area contributed by atoms with Gasteiger partial charge >= 0.3 is 5.97 Å². The van der Waals surface area contributed by atoms with Gasteiger partial charge in [-0.3, -0.25) is 9.69 Å². The Labute approximate surface area is 79.0 Å². The van der Waals surface area contributed by atoms with Crippen LogP contribution in [0.4, 0.5) is 0 Å². The zero-order chi connectivity index (χ0) is 9.84. The van der Waals surface area contributed by atoms with E-state index in [0.29, 0.717) is 0 Å². The van der Waals surface area contributed by atoms with Gasteiger partial charge in [0.15, 0.2) is 0 Å². The van der Waals surface area contributed by atoms with E-state index >= 15 is 0 Å². The summed E-state index contributed by atoms with van der Waals surface area (Å²) in [6.07, 6.45) is 2.71. The van der Waals surface area contributed by atoms with Crippen molar-refractivity contribution in [3.05, 3.63) is 12.2 Å². The number of aliphatic carboxylic acids is 1. The number of rotatable bonds is 4. The van der Waals surface area contributed by atoms with Crippen molar-refractivity contribution in [2.24, 2.45) is 0 Å². The topological polar surface area (TPSA) is 40.5 Å². The second-order valence-electron chi connectivity index (χ2n) is 3.57. The molecule has 3 nitrogen and oxygen atoms in total. The Morgan fingerprint density at radius 3 is 2.92 bits per heavy atom. The van der Waals surface area contributed by atoms with E-state index in [-0.39, 0.29) is 6.04 Å². The average molecular weight is 183 g/mol. The molecule has 0 amide bonds. The van der Waals surface area contributed by atoms with Crippen LogP contribution in [0.5, 0.6) is 0 Å². The summed E-state index contributed by atoms with van der Waals surface area (Å²) in [5.41, 5.74) is 1.12. The number of hydrogen-bond donors (Lipinski definition) is 1. The summed E-state index contributed by atoms with van der Waals surface area (Å²) in [7, 11) is 0. The monoisotopic (exact) mass is 183 g/mol. The predicted molar refractivity (Wildman–Crippen MR) is 51.7 cm³/mol. The van der Waals surface area contributed by atoms with Crippen LogP contribution >= 0.6 is 0 Å². The largest absolute Gasteiger partial charge is 0.480 e. The second kappa shape index (κ2) is 4.42. The molecule has 1 fully saturated rings. The van der Waals surface area contributed by atoms with Gasteiger partial charge in [0.05, 0.1) is 0 Å². The van der Waals surface area contributed by atoms with E-state index in [2.05, 4.69) is 6.58 Å². The summed E-state index contributed by atoms with van der Waals surface area (Å²) < 4.78 is 0. The maximum atomic E-state index is 10.8. The lowest BCUT2D eigenvalue weighted by Crippen LogP contribution is -2.36. The third-order valence-electron chi connectivity index (χ3n) is 2.58. The van der Waals surface area contributed by atoms with Crippen LogP contribution in [0, 0.1) is 0 Å². The Morgan fingerprint density at radius 2 is 2.38 bits per heavy atom. The first-order valence-corrected chi connectivity index (χ1v) is 4.78. The van der Waals surface area contributed by atoms with Crippen LogP contribution < -0.4 is 0 Å². The van der Waals surface area contributed by atoms with Crippen LogP contribution in [0.2, 0.25) is 0 Å². The highest BCUT2D eigenvalue weighted by Crippen LogP contribution is 2.18. The maximum absolute atomic E-state index is 10.8. The van der Waals surface area contributed by atoms with Crippen molar-refractivity contribution in [3.8, 4) is 0 Å². The van der Waals surface area contributed by atoms with E-state index in [1.165, 1.54) is 0 Å². The number of carboxylic acid groups (broad SMARTS) is 1. The quantitative estimate of drug-likeness (QED) is 0.671. The van der Waals surface area contributed by atoms with Crippen LogP contribution in [-0.2, 0) is 4.79 Å². The highest BCUT2D eigenvalue weighted by atomic mass is 16.4. The number of carbonyl (C=O) groups is 1. The highest BCUT2D eigenvalue weighted by molar-refractivity contribution is 5.73. The van der Waals surface area contributed by atoms with Crippen LogP contribution in [0.15, 0.2) is 12.2 Å². The summed E-state index contributed by atoms with van der Waals surface area (Å²) in [5, 5.41) is 8.90. The molecule has 0 aromatic carbocycles. The molecule has 1 saturated heterocycles. The zero-order valence-electron chi connectivity index (χ0n) is 8.12. The van der Waals surface area contributed by atoms with E-state index in [0.717, 1.165) is 37.9 Å². The number of nitrogens with zero attached hydrogens (tertiary/aromatic N) is 1. The van der Waals surface area contributed by atoms with Crippen LogP contribution in [0.1, 0.15) is 26.2 Å². The van der Waals surface area contributed by atoms with Crippen molar-refractivity contribution in [1.29, 1.82) is 0 Å². The molecule has 0 radical (unpaired) electrons. The van der Waals surface area contributed by atoms with Gasteiger partial charge in [0.2, 0.25) is 0 Å². The minimum absolute atomic E-state index is 0.275. The summed E-state index contributed by atoms with van der Waals surface area (Å²) >= 11 is 0. The zero-order valence-corrected chi connectivity index (χ0v) is 8.12. The van der Waals surface area contributed by atoms with Gasteiger partial charge in [-0.15, -0.1) is 0 Å². The SMILES string of the molecule is C=C(CC)CN1CCCC1C(=O)O. The molecular weight excluding hydrogens is 166 g/mol. The molecule has 1 aliphatic heterocycles. The van der Waals surface area contributed by atoms with Gasteiger partial charge in [-0.25, -0.2) is 0 Å². The fraction of sp³-hybridized carbons (Fsp3) is 0.700. The Bertz CT molecular complexity index is 213. The van der Waals surface area contributed by atoms with Crippen molar-refractivity contribution in [3.63, 3.8) is 0 Å². The smallest absolute Gasteiger partial charge is 0.320 e. The van der Waals surface area contributed by atoms with Gasteiger partial charge in [-0.2, -0.15) is 0 Å². The van der Waals surface area contributed by atoms with Crippen molar-refractivity contribution in [2.45, 2.75) is 32.2 Å². The molecule has 74 valence electrons. The summed E-state index contributed by atoms with van der Waals surface area (Å²) in [6, 6.07) is -0.275. The molecule has 1 rings (SSSR count). The fourth-order valence-electron chi connectivity index (χ4n) is 1.69. The average Bonchev–Trinajstić information content (AvgIpc) is 2.52. The minimum Gasteiger partial charge on any atom is -0.480 e. The van der Waals surface area contributed by atoms with E-state index in [1.807, 2.05) is 11.8 Å². The molecule has 1 unspecified atom stereocenters. The normalized spacial score (nSPS) is 23.3. The second-order valence-corrected chi connectivity index (χ2v) is 3.57. The predicted octanol–water partition coefficient (Wildman–Crippen LogP) is 1.50. The molecule has 0 saturated carbocycles. The molecule has 1 aliphatic rings. The molecule has 0 aromatic heterocycles. The number of likely N-dealkylation sites (tertiary alicyclic amines) is 1. The number of hydrogen-bond acceptors (Lipinski definition) is 2. The van der Waals surface area contributed by atoms with Gasteiger partial charge in [0.25, 0.3) is 0 Å². The molecule has 3 heteroatoms. The van der Waals surface area contributed by atoms with E-state index in [9.17, 15) is 4.79 Å². The third kappa shape index (κ3) is 2.56. The first kappa shape index (κ1) is 10.3. The Balaban J connectivity index is 2.48. The Morgan fingerprint density at radius 1 is 1.69 bits per heavy atom. The number of carboxylic acids is 1. The van der Waals surface area contributed by atoms with Crippen LogP contribution in [0.25, 0.3) is 0 Å². The third-order valence-corrected chi connectivity index (χ3v) is 2.58. The lowest BCUT2D eigenvalue weighted by molar-refractivity contribution is -0.141. The molecule has 1 heterocycles. The summed E-state index contributed by atoms with van der Waals surface area (Å²) in [4.78, 5) is 12.8. The van der Waals surface area contributed by atoms with E-state index in [4.69, 9.17) is 5.11 Å². The van der Waals surface area contributed by atoms with Crippen molar-refractivity contribution in [1.82, 2.24) is 4.90 Å². The van der Waals surface area contributed by atoms with Gasteiger partial charge in [-0.05, 0) is 25.8 Å². The van der Waals surface area contributed by atoms with Crippen molar-refractivity contribution < 1.29 is 9.90 Å². The first-order chi connectivity index (χ1) is 6.15. The van der Waals surface area contributed by atoms with Crippen molar-refractivity contribution in [2.75, 3.05) is 13.1 Å². The minimum atomic E-state index is -0.693. The first-order valence-electron chi connectivity index (χ1n) is 4.78. The Kier molecular flexibility index (Phi) is 3.48. The molecular formula is C10H17NO2. The maximum Gasteiger partial charge on any atom is 0.320 e. The molecule has 0 bridgehead atoms. The lowest BCUT2D eigenvalue weighted by atomic mass is 10.2. The van der Waals surface area contributed by atoms with E-state index < -0.39 is 5.97 Å².